The third-order valence-corrected chi connectivity index (χ3v) is 4.24. The SMILES string of the molecule is NC(=O)CC1CC(=O)Nc2ccc(Nc3ncc(C(F)(F)F)c(Cl)n3)cc21. The maximum Gasteiger partial charge on any atom is 0.420 e. The number of amides is 2. The molecule has 0 fully saturated rings. The average Bonchev–Trinajstić information content (AvgIpc) is 2.53. The van der Waals surface area contributed by atoms with E-state index in [-0.39, 0.29) is 24.7 Å². The molecule has 142 valence electrons. The van der Waals surface area contributed by atoms with Crippen molar-refractivity contribution in [1.29, 1.82) is 0 Å². The summed E-state index contributed by atoms with van der Waals surface area (Å²) in [5.74, 6) is -1.30. The zero-order valence-corrected chi connectivity index (χ0v) is 14.4. The van der Waals surface area contributed by atoms with E-state index in [4.69, 9.17) is 17.3 Å². The minimum absolute atomic E-state index is 0.00746. The van der Waals surface area contributed by atoms with Crippen molar-refractivity contribution in [3.8, 4) is 0 Å². The van der Waals surface area contributed by atoms with Crippen molar-refractivity contribution in [3.05, 3.63) is 40.7 Å². The van der Waals surface area contributed by atoms with Gasteiger partial charge in [-0.3, -0.25) is 9.59 Å². The number of fused-ring (bicyclic) bond motifs is 1. The maximum absolute atomic E-state index is 12.7. The lowest BCUT2D eigenvalue weighted by Crippen LogP contribution is -2.26. The Balaban J connectivity index is 1.88. The minimum atomic E-state index is -4.65. The number of nitrogens with two attached hydrogens (primary N) is 1. The predicted octanol–water partition coefficient (Wildman–Crippen LogP) is 3.19. The topological polar surface area (TPSA) is 110 Å². The van der Waals surface area contributed by atoms with Crippen molar-refractivity contribution in [2.75, 3.05) is 10.6 Å². The molecule has 2 heterocycles. The van der Waals surface area contributed by atoms with Crippen molar-refractivity contribution in [2.45, 2.75) is 24.9 Å². The van der Waals surface area contributed by atoms with Crippen LogP contribution in [0, 0.1) is 0 Å². The zero-order chi connectivity index (χ0) is 19.8. The highest BCUT2D eigenvalue weighted by Crippen LogP contribution is 2.37. The number of halogens is 4. The lowest BCUT2D eigenvalue weighted by Gasteiger charge is -2.25. The molecule has 2 amide bonds. The van der Waals surface area contributed by atoms with Gasteiger partial charge in [0, 0.05) is 36.3 Å². The number of benzene rings is 1. The molecule has 0 aliphatic carbocycles. The molecule has 0 radical (unpaired) electrons. The van der Waals surface area contributed by atoms with Gasteiger partial charge in [-0.05, 0) is 23.8 Å². The highest BCUT2D eigenvalue weighted by molar-refractivity contribution is 6.30. The molecule has 11 heteroatoms. The molecule has 7 nitrogen and oxygen atoms in total. The van der Waals surface area contributed by atoms with E-state index in [2.05, 4.69) is 20.6 Å². The van der Waals surface area contributed by atoms with Crippen LogP contribution in [0.25, 0.3) is 0 Å². The fourth-order valence-electron chi connectivity index (χ4n) is 2.79. The Hall–Kier alpha value is -2.88. The van der Waals surface area contributed by atoms with Crippen molar-refractivity contribution in [2.24, 2.45) is 5.73 Å². The Morgan fingerprint density at radius 1 is 1.41 bits per heavy atom. The second kappa shape index (κ2) is 7.03. The molecule has 1 aliphatic rings. The number of nitrogens with zero attached hydrogens (tertiary/aromatic N) is 2. The van der Waals surface area contributed by atoms with E-state index in [0.717, 1.165) is 0 Å². The van der Waals surface area contributed by atoms with Crippen LogP contribution in [0.5, 0.6) is 0 Å². The summed E-state index contributed by atoms with van der Waals surface area (Å²) >= 11 is 5.58. The zero-order valence-electron chi connectivity index (χ0n) is 13.6. The monoisotopic (exact) mass is 399 g/mol. The Morgan fingerprint density at radius 2 is 2.15 bits per heavy atom. The molecule has 2 aromatic rings. The van der Waals surface area contributed by atoms with E-state index >= 15 is 0 Å². The number of primary amides is 1. The van der Waals surface area contributed by atoms with Crippen LogP contribution >= 0.6 is 11.6 Å². The molecule has 1 aromatic carbocycles. The second-order valence-corrected chi connectivity index (χ2v) is 6.30. The van der Waals surface area contributed by atoms with Gasteiger partial charge in [-0.15, -0.1) is 0 Å². The third-order valence-electron chi connectivity index (χ3n) is 3.95. The van der Waals surface area contributed by atoms with Crippen LogP contribution in [-0.2, 0) is 15.8 Å². The van der Waals surface area contributed by atoms with Crippen molar-refractivity contribution < 1.29 is 22.8 Å². The van der Waals surface area contributed by atoms with Gasteiger partial charge in [0.1, 0.15) is 10.7 Å². The number of carbonyl (C=O) groups is 2. The van der Waals surface area contributed by atoms with Crippen LogP contribution in [-0.4, -0.2) is 21.8 Å². The summed E-state index contributed by atoms with van der Waals surface area (Å²) in [6.45, 7) is 0. The van der Waals surface area contributed by atoms with E-state index in [1.807, 2.05) is 0 Å². The molecule has 0 bridgehead atoms. The Labute approximate surface area is 156 Å². The van der Waals surface area contributed by atoms with Crippen LogP contribution in [0.4, 0.5) is 30.5 Å². The summed E-state index contributed by atoms with van der Waals surface area (Å²) in [4.78, 5) is 30.2. The van der Waals surface area contributed by atoms with Gasteiger partial charge in [-0.2, -0.15) is 13.2 Å². The number of aromatic nitrogens is 2. The first-order chi connectivity index (χ1) is 12.6. The molecule has 0 spiro atoms. The van der Waals surface area contributed by atoms with Gasteiger partial charge < -0.3 is 16.4 Å². The summed E-state index contributed by atoms with van der Waals surface area (Å²) in [6.07, 6.45) is -3.97. The first-order valence-electron chi connectivity index (χ1n) is 7.72. The molecule has 1 aliphatic heterocycles. The van der Waals surface area contributed by atoms with Gasteiger partial charge >= 0.3 is 6.18 Å². The highest BCUT2D eigenvalue weighted by atomic mass is 35.5. The number of hydrogen-bond acceptors (Lipinski definition) is 5. The summed E-state index contributed by atoms with van der Waals surface area (Å²) < 4.78 is 38.2. The molecule has 0 saturated carbocycles. The number of nitrogens with one attached hydrogen (secondary N) is 2. The molecule has 1 unspecified atom stereocenters. The average molecular weight is 400 g/mol. The van der Waals surface area contributed by atoms with Crippen LogP contribution in [0.3, 0.4) is 0 Å². The fraction of sp³-hybridized carbons (Fsp3) is 0.250. The van der Waals surface area contributed by atoms with Gasteiger partial charge in [-0.25, -0.2) is 9.97 Å². The van der Waals surface area contributed by atoms with E-state index < -0.39 is 28.7 Å². The summed E-state index contributed by atoms with van der Waals surface area (Å²) in [6, 6.07) is 4.84. The summed E-state index contributed by atoms with van der Waals surface area (Å²) in [5, 5.41) is 4.72. The fourth-order valence-corrected chi connectivity index (χ4v) is 3.03. The van der Waals surface area contributed by atoms with Gasteiger partial charge in [0.05, 0.1) is 0 Å². The van der Waals surface area contributed by atoms with Gasteiger partial charge in [0.15, 0.2) is 0 Å². The summed E-state index contributed by atoms with van der Waals surface area (Å²) in [7, 11) is 0. The van der Waals surface area contributed by atoms with Crippen LogP contribution < -0.4 is 16.4 Å². The van der Waals surface area contributed by atoms with E-state index in [1.165, 1.54) is 0 Å². The molecular formula is C16H13ClF3N5O2. The van der Waals surface area contributed by atoms with Gasteiger partial charge in [-0.1, -0.05) is 11.6 Å². The summed E-state index contributed by atoms with van der Waals surface area (Å²) in [5.41, 5.74) is 5.77. The maximum atomic E-state index is 12.7. The lowest BCUT2D eigenvalue weighted by atomic mass is 9.87. The second-order valence-electron chi connectivity index (χ2n) is 5.94. The number of anilines is 3. The third kappa shape index (κ3) is 4.27. The minimum Gasteiger partial charge on any atom is -0.370 e. The van der Waals surface area contributed by atoms with Crippen molar-refractivity contribution >= 4 is 40.7 Å². The Kier molecular flexibility index (Phi) is 4.92. The molecule has 3 rings (SSSR count). The van der Waals surface area contributed by atoms with Gasteiger partial charge in [0.25, 0.3) is 0 Å². The predicted molar refractivity (Wildman–Crippen MR) is 91.6 cm³/mol. The van der Waals surface area contributed by atoms with E-state index in [1.54, 1.807) is 18.2 Å². The molecule has 0 saturated heterocycles. The largest absolute Gasteiger partial charge is 0.420 e. The number of hydrogen-bond donors (Lipinski definition) is 3. The Morgan fingerprint density at radius 3 is 2.78 bits per heavy atom. The smallest absolute Gasteiger partial charge is 0.370 e. The van der Waals surface area contributed by atoms with E-state index in [0.29, 0.717) is 23.1 Å². The molecule has 1 aromatic heterocycles. The highest BCUT2D eigenvalue weighted by Gasteiger charge is 2.34. The lowest BCUT2D eigenvalue weighted by molar-refractivity contribution is -0.138. The standard InChI is InChI=1S/C16H13ClF3N5O2/c17-14-10(16(18,19)20)6-22-15(25-14)23-8-1-2-11-9(5-8)7(3-12(21)26)4-13(27)24-11/h1-2,5-7H,3-4H2,(H2,21,26)(H,24,27)(H,22,23,25). The number of alkyl halides is 3. The first kappa shape index (κ1) is 18.9. The van der Waals surface area contributed by atoms with Crippen LogP contribution in [0.2, 0.25) is 5.15 Å². The van der Waals surface area contributed by atoms with Crippen molar-refractivity contribution in [1.82, 2.24) is 9.97 Å². The van der Waals surface area contributed by atoms with Crippen molar-refractivity contribution in [3.63, 3.8) is 0 Å². The van der Waals surface area contributed by atoms with E-state index in [9.17, 15) is 22.8 Å². The van der Waals surface area contributed by atoms with Crippen LogP contribution in [0.15, 0.2) is 24.4 Å². The van der Waals surface area contributed by atoms with Gasteiger partial charge in [0.2, 0.25) is 17.8 Å². The number of rotatable bonds is 4. The molecule has 27 heavy (non-hydrogen) atoms. The van der Waals surface area contributed by atoms with Crippen LogP contribution in [0.1, 0.15) is 29.9 Å². The molecule has 1 atom stereocenters. The normalized spacial score (nSPS) is 16.4. The first-order valence-corrected chi connectivity index (χ1v) is 8.10. The Bertz CT molecular complexity index is 919. The quantitative estimate of drug-likeness (QED) is 0.684. The molecule has 4 N–H and O–H groups in total. The number of carbonyl (C=O) groups excluding carboxylic acids is 2. The molecular weight excluding hydrogens is 387 g/mol.